The van der Waals surface area contributed by atoms with E-state index in [0.29, 0.717) is 19.6 Å². The Bertz CT molecular complexity index is 365. The highest BCUT2D eigenvalue weighted by atomic mass is 19.2. The molecule has 0 radical (unpaired) electrons. The molecule has 2 rings (SSSR count). The van der Waals surface area contributed by atoms with Crippen LogP contribution in [0.3, 0.4) is 0 Å². The summed E-state index contributed by atoms with van der Waals surface area (Å²) < 4.78 is 41.8. The second-order valence-electron chi connectivity index (χ2n) is 3.71. The standard InChI is InChI=1S/C12H14F2O3/c13-9-3-1-4-10(12(9)14)15-8-5-11-16-6-2-7-17-11/h1,3-4,11H,2,5-8H2. The van der Waals surface area contributed by atoms with Gasteiger partial charge < -0.3 is 14.2 Å². The Morgan fingerprint density at radius 1 is 1.24 bits per heavy atom. The summed E-state index contributed by atoms with van der Waals surface area (Å²) in [6, 6.07) is 3.85. The van der Waals surface area contributed by atoms with Crippen molar-refractivity contribution in [3.8, 4) is 5.75 Å². The van der Waals surface area contributed by atoms with E-state index in [2.05, 4.69) is 0 Å². The van der Waals surface area contributed by atoms with Crippen molar-refractivity contribution in [2.24, 2.45) is 0 Å². The number of rotatable bonds is 4. The molecule has 0 aliphatic carbocycles. The van der Waals surface area contributed by atoms with Gasteiger partial charge in [0.15, 0.2) is 17.9 Å². The van der Waals surface area contributed by atoms with Crippen LogP contribution in [0.15, 0.2) is 18.2 Å². The highest BCUT2D eigenvalue weighted by Crippen LogP contribution is 2.19. The largest absolute Gasteiger partial charge is 0.490 e. The van der Waals surface area contributed by atoms with Crippen molar-refractivity contribution in [2.45, 2.75) is 19.1 Å². The van der Waals surface area contributed by atoms with Crippen molar-refractivity contribution in [3.63, 3.8) is 0 Å². The first-order valence-electron chi connectivity index (χ1n) is 5.57. The SMILES string of the molecule is Fc1cccc(OCCC2OCCCO2)c1F. The molecule has 0 spiro atoms. The summed E-state index contributed by atoms with van der Waals surface area (Å²) in [6.07, 6.45) is 1.08. The molecule has 0 amide bonds. The fraction of sp³-hybridized carbons (Fsp3) is 0.500. The molecule has 1 aromatic rings. The first-order valence-corrected chi connectivity index (χ1v) is 5.57. The van der Waals surface area contributed by atoms with Gasteiger partial charge in [0.25, 0.3) is 0 Å². The Balaban J connectivity index is 1.79. The minimum Gasteiger partial charge on any atom is -0.490 e. The Kier molecular flexibility index (Phi) is 4.28. The van der Waals surface area contributed by atoms with Crippen molar-refractivity contribution < 1.29 is 23.0 Å². The van der Waals surface area contributed by atoms with Gasteiger partial charge in [-0.1, -0.05) is 6.07 Å². The maximum Gasteiger partial charge on any atom is 0.200 e. The summed E-state index contributed by atoms with van der Waals surface area (Å²) in [6.45, 7) is 1.56. The molecule has 0 saturated carbocycles. The van der Waals surface area contributed by atoms with Crippen LogP contribution >= 0.6 is 0 Å². The van der Waals surface area contributed by atoms with Crippen LogP contribution in [0.1, 0.15) is 12.8 Å². The minimum absolute atomic E-state index is 0.0826. The summed E-state index contributed by atoms with van der Waals surface area (Å²) in [5, 5.41) is 0. The molecule has 1 fully saturated rings. The third-order valence-corrected chi connectivity index (χ3v) is 2.42. The molecular weight excluding hydrogens is 230 g/mol. The number of halogens is 2. The highest BCUT2D eigenvalue weighted by molar-refractivity contribution is 5.24. The summed E-state index contributed by atoms with van der Waals surface area (Å²) >= 11 is 0. The maximum absolute atomic E-state index is 13.2. The van der Waals surface area contributed by atoms with E-state index in [1.165, 1.54) is 12.1 Å². The van der Waals surface area contributed by atoms with Crippen LogP contribution in [0, 0.1) is 11.6 Å². The van der Waals surface area contributed by atoms with Gasteiger partial charge in [-0.05, 0) is 18.6 Å². The average molecular weight is 244 g/mol. The lowest BCUT2D eigenvalue weighted by molar-refractivity contribution is -0.183. The zero-order chi connectivity index (χ0) is 12.1. The van der Waals surface area contributed by atoms with Gasteiger partial charge in [0.1, 0.15) is 0 Å². The van der Waals surface area contributed by atoms with E-state index in [9.17, 15) is 8.78 Å². The fourth-order valence-corrected chi connectivity index (χ4v) is 1.56. The van der Waals surface area contributed by atoms with Gasteiger partial charge >= 0.3 is 0 Å². The van der Waals surface area contributed by atoms with E-state index in [4.69, 9.17) is 14.2 Å². The van der Waals surface area contributed by atoms with E-state index >= 15 is 0 Å². The quantitative estimate of drug-likeness (QED) is 0.814. The molecule has 1 aliphatic rings. The molecule has 0 unspecified atom stereocenters. The van der Waals surface area contributed by atoms with Crippen LogP contribution < -0.4 is 4.74 Å². The zero-order valence-electron chi connectivity index (χ0n) is 9.33. The third-order valence-electron chi connectivity index (χ3n) is 2.42. The van der Waals surface area contributed by atoms with E-state index in [1.54, 1.807) is 0 Å². The van der Waals surface area contributed by atoms with Crippen molar-refractivity contribution in [1.29, 1.82) is 0 Å². The van der Waals surface area contributed by atoms with Crippen LogP contribution in [0.2, 0.25) is 0 Å². The van der Waals surface area contributed by atoms with Gasteiger partial charge in [0.05, 0.1) is 19.8 Å². The van der Waals surface area contributed by atoms with Crippen molar-refractivity contribution in [1.82, 2.24) is 0 Å². The van der Waals surface area contributed by atoms with E-state index in [1.807, 2.05) is 0 Å². The molecule has 0 atom stereocenters. The van der Waals surface area contributed by atoms with Gasteiger partial charge in [-0.15, -0.1) is 0 Å². The fourth-order valence-electron chi connectivity index (χ4n) is 1.56. The molecule has 0 aromatic heterocycles. The zero-order valence-corrected chi connectivity index (χ0v) is 9.33. The summed E-state index contributed by atoms with van der Waals surface area (Å²) in [5.74, 6) is -1.95. The molecule has 1 aromatic carbocycles. The summed E-state index contributed by atoms with van der Waals surface area (Å²) in [5.41, 5.74) is 0. The summed E-state index contributed by atoms with van der Waals surface area (Å²) in [7, 11) is 0. The van der Waals surface area contributed by atoms with Gasteiger partial charge in [-0.25, -0.2) is 4.39 Å². The molecule has 94 valence electrons. The lowest BCUT2D eigenvalue weighted by atomic mass is 10.3. The molecule has 3 nitrogen and oxygen atoms in total. The first-order chi connectivity index (χ1) is 8.27. The highest BCUT2D eigenvalue weighted by Gasteiger charge is 2.15. The minimum atomic E-state index is -0.960. The van der Waals surface area contributed by atoms with E-state index in [-0.39, 0.29) is 18.6 Å². The lowest BCUT2D eigenvalue weighted by Gasteiger charge is -2.23. The van der Waals surface area contributed by atoms with Gasteiger partial charge in [0, 0.05) is 6.42 Å². The van der Waals surface area contributed by atoms with Gasteiger partial charge in [-0.3, -0.25) is 0 Å². The molecule has 0 N–H and O–H groups in total. The van der Waals surface area contributed by atoms with Gasteiger partial charge in [-0.2, -0.15) is 4.39 Å². The predicted octanol–water partition coefficient (Wildman–Crippen LogP) is 2.50. The molecule has 0 bridgehead atoms. The number of hydrogen-bond donors (Lipinski definition) is 0. The number of hydrogen-bond acceptors (Lipinski definition) is 3. The Morgan fingerprint density at radius 2 is 2.00 bits per heavy atom. The lowest BCUT2D eigenvalue weighted by Crippen LogP contribution is -2.26. The second-order valence-corrected chi connectivity index (χ2v) is 3.71. The molecule has 1 heterocycles. The van der Waals surface area contributed by atoms with Crippen molar-refractivity contribution in [3.05, 3.63) is 29.8 Å². The van der Waals surface area contributed by atoms with Crippen LogP contribution in [0.25, 0.3) is 0 Å². The molecule has 17 heavy (non-hydrogen) atoms. The third kappa shape index (κ3) is 3.38. The molecule has 1 saturated heterocycles. The van der Waals surface area contributed by atoms with Crippen LogP contribution in [0.4, 0.5) is 8.78 Å². The van der Waals surface area contributed by atoms with Crippen molar-refractivity contribution >= 4 is 0 Å². The van der Waals surface area contributed by atoms with Crippen molar-refractivity contribution in [2.75, 3.05) is 19.8 Å². The monoisotopic (exact) mass is 244 g/mol. The Hall–Kier alpha value is -1.20. The number of ether oxygens (including phenoxy) is 3. The van der Waals surface area contributed by atoms with Crippen LogP contribution in [0.5, 0.6) is 5.75 Å². The molecule has 1 aliphatic heterocycles. The first kappa shape index (κ1) is 12.3. The average Bonchev–Trinajstić information content (AvgIpc) is 2.36. The van der Waals surface area contributed by atoms with E-state index < -0.39 is 11.6 Å². The smallest absolute Gasteiger partial charge is 0.200 e. The second kappa shape index (κ2) is 5.93. The Morgan fingerprint density at radius 3 is 2.76 bits per heavy atom. The number of benzene rings is 1. The summed E-state index contributed by atoms with van der Waals surface area (Å²) in [4.78, 5) is 0. The van der Waals surface area contributed by atoms with Crippen LogP contribution in [-0.2, 0) is 9.47 Å². The topological polar surface area (TPSA) is 27.7 Å². The van der Waals surface area contributed by atoms with Crippen LogP contribution in [-0.4, -0.2) is 26.1 Å². The molecule has 5 heteroatoms. The van der Waals surface area contributed by atoms with E-state index in [0.717, 1.165) is 12.5 Å². The molecular formula is C12H14F2O3. The Labute approximate surface area is 98.3 Å². The predicted molar refractivity (Wildman–Crippen MR) is 56.8 cm³/mol. The maximum atomic E-state index is 13.2. The normalized spacial score (nSPS) is 17.1. The van der Waals surface area contributed by atoms with Gasteiger partial charge in [0.2, 0.25) is 5.82 Å².